The smallest absolute Gasteiger partial charge is 0.335 e. The first kappa shape index (κ1) is 7.68. The van der Waals surface area contributed by atoms with E-state index in [4.69, 9.17) is 5.11 Å². The molecule has 0 amide bonds. The highest BCUT2D eigenvalue weighted by Crippen LogP contribution is 2.30. The van der Waals surface area contributed by atoms with Crippen LogP contribution in [0, 0.1) is 0 Å². The van der Waals surface area contributed by atoms with E-state index in [1.54, 1.807) is 12.1 Å². The lowest BCUT2D eigenvalue weighted by atomic mass is 10.1. The van der Waals surface area contributed by atoms with Crippen LogP contribution >= 0.6 is 11.8 Å². The summed E-state index contributed by atoms with van der Waals surface area (Å²) in [7, 11) is 0. The van der Waals surface area contributed by atoms with Crippen LogP contribution in [0.2, 0.25) is 0 Å². The quantitative estimate of drug-likeness (QED) is 0.719. The first-order valence-corrected chi connectivity index (χ1v) is 4.85. The molecule has 62 valence electrons. The first-order valence-electron chi connectivity index (χ1n) is 3.70. The number of carboxylic acid groups (broad SMARTS) is 1. The highest BCUT2D eigenvalue weighted by atomic mass is 32.2. The van der Waals surface area contributed by atoms with E-state index in [2.05, 4.69) is 0 Å². The summed E-state index contributed by atoms with van der Waals surface area (Å²) < 4.78 is 0. The molecule has 0 radical (unpaired) electrons. The molecule has 0 bridgehead atoms. The van der Waals surface area contributed by atoms with Gasteiger partial charge in [-0.1, -0.05) is 6.07 Å². The summed E-state index contributed by atoms with van der Waals surface area (Å²) in [6.07, 6.45) is 0. The van der Waals surface area contributed by atoms with E-state index >= 15 is 0 Å². The number of hydrogen-bond donors (Lipinski definition) is 1. The molecule has 1 heterocycles. The van der Waals surface area contributed by atoms with Crippen molar-refractivity contribution in [1.29, 1.82) is 0 Å². The molecular formula is C9H8O2S. The van der Waals surface area contributed by atoms with E-state index in [1.165, 1.54) is 11.1 Å². The van der Waals surface area contributed by atoms with Crippen molar-refractivity contribution in [2.45, 2.75) is 11.5 Å². The summed E-state index contributed by atoms with van der Waals surface area (Å²) >= 11 is 1.83. The molecule has 1 aromatic carbocycles. The molecule has 2 nitrogen and oxygen atoms in total. The molecule has 1 aliphatic rings. The van der Waals surface area contributed by atoms with Gasteiger partial charge in [0, 0.05) is 11.5 Å². The normalized spacial score (nSPS) is 14.3. The zero-order valence-corrected chi connectivity index (χ0v) is 7.23. The second kappa shape index (κ2) is 2.83. The molecule has 1 aromatic rings. The summed E-state index contributed by atoms with van der Waals surface area (Å²) in [5.41, 5.74) is 2.86. The largest absolute Gasteiger partial charge is 0.478 e. The van der Waals surface area contributed by atoms with Gasteiger partial charge >= 0.3 is 5.97 Å². The molecule has 0 fully saturated rings. The van der Waals surface area contributed by atoms with E-state index in [0.717, 1.165) is 11.5 Å². The number of thioether (sulfide) groups is 1. The van der Waals surface area contributed by atoms with Gasteiger partial charge in [0.25, 0.3) is 0 Å². The Kier molecular flexibility index (Phi) is 1.81. The lowest BCUT2D eigenvalue weighted by Crippen LogP contribution is -1.97. The van der Waals surface area contributed by atoms with Crippen molar-refractivity contribution in [3.05, 3.63) is 34.9 Å². The Morgan fingerprint density at radius 1 is 1.33 bits per heavy atom. The molecule has 0 aliphatic carbocycles. The van der Waals surface area contributed by atoms with E-state index in [9.17, 15) is 4.79 Å². The van der Waals surface area contributed by atoms with Crippen molar-refractivity contribution in [3.8, 4) is 0 Å². The molecule has 0 spiro atoms. The third-order valence-electron chi connectivity index (χ3n) is 1.97. The highest BCUT2D eigenvalue weighted by Gasteiger charge is 2.12. The van der Waals surface area contributed by atoms with E-state index in [-0.39, 0.29) is 0 Å². The van der Waals surface area contributed by atoms with Crippen molar-refractivity contribution in [3.63, 3.8) is 0 Å². The van der Waals surface area contributed by atoms with Gasteiger partial charge in [0.15, 0.2) is 0 Å². The zero-order chi connectivity index (χ0) is 8.55. The molecule has 0 saturated carbocycles. The number of rotatable bonds is 1. The Morgan fingerprint density at radius 3 is 2.83 bits per heavy atom. The van der Waals surface area contributed by atoms with E-state index in [1.807, 2.05) is 17.8 Å². The fraction of sp³-hybridized carbons (Fsp3) is 0.222. The molecule has 1 aliphatic heterocycles. The second-order valence-corrected chi connectivity index (χ2v) is 3.77. The summed E-state index contributed by atoms with van der Waals surface area (Å²) in [4.78, 5) is 10.6. The van der Waals surface area contributed by atoms with Crippen LogP contribution in [-0.4, -0.2) is 11.1 Å². The van der Waals surface area contributed by atoms with Crippen LogP contribution in [0.3, 0.4) is 0 Å². The summed E-state index contributed by atoms with van der Waals surface area (Å²) in [5, 5.41) is 8.71. The van der Waals surface area contributed by atoms with Crippen LogP contribution in [-0.2, 0) is 11.5 Å². The number of aromatic carboxylic acids is 1. The standard InChI is InChI=1S/C9H8O2S/c10-9(11)6-1-2-7-4-12-5-8(7)3-6/h1-3H,4-5H2,(H,10,11). The molecule has 0 aromatic heterocycles. The zero-order valence-electron chi connectivity index (χ0n) is 6.41. The molecule has 0 saturated heterocycles. The van der Waals surface area contributed by atoms with Crippen LogP contribution < -0.4 is 0 Å². The lowest BCUT2D eigenvalue weighted by molar-refractivity contribution is 0.0697. The molecule has 0 atom stereocenters. The second-order valence-electron chi connectivity index (χ2n) is 2.78. The summed E-state index contributed by atoms with van der Waals surface area (Å²) in [5.74, 6) is 1.14. The predicted octanol–water partition coefficient (Wildman–Crippen LogP) is 2.13. The lowest BCUT2D eigenvalue weighted by Gasteiger charge is -1.98. The van der Waals surface area contributed by atoms with Crippen molar-refractivity contribution >= 4 is 17.7 Å². The minimum absolute atomic E-state index is 0.399. The Balaban J connectivity index is 2.45. The maximum absolute atomic E-state index is 10.6. The van der Waals surface area contributed by atoms with Crippen molar-refractivity contribution in [2.24, 2.45) is 0 Å². The molecule has 12 heavy (non-hydrogen) atoms. The van der Waals surface area contributed by atoms with Crippen LogP contribution in [0.1, 0.15) is 21.5 Å². The van der Waals surface area contributed by atoms with Gasteiger partial charge in [-0.3, -0.25) is 0 Å². The topological polar surface area (TPSA) is 37.3 Å². The number of carboxylic acids is 1. The van der Waals surface area contributed by atoms with E-state index < -0.39 is 5.97 Å². The maximum Gasteiger partial charge on any atom is 0.335 e. The van der Waals surface area contributed by atoms with Crippen LogP contribution in [0.5, 0.6) is 0 Å². The Labute approximate surface area is 74.6 Å². The first-order chi connectivity index (χ1) is 5.77. The van der Waals surface area contributed by atoms with Gasteiger partial charge in [-0.05, 0) is 23.3 Å². The maximum atomic E-state index is 10.6. The molecule has 0 unspecified atom stereocenters. The van der Waals surface area contributed by atoms with Gasteiger partial charge < -0.3 is 5.11 Å². The summed E-state index contributed by atoms with van der Waals surface area (Å²) in [6.45, 7) is 0. The number of fused-ring (bicyclic) bond motifs is 1. The van der Waals surface area contributed by atoms with Gasteiger partial charge in [-0.25, -0.2) is 4.79 Å². The number of benzene rings is 1. The Morgan fingerprint density at radius 2 is 2.08 bits per heavy atom. The predicted molar refractivity (Wildman–Crippen MR) is 48.4 cm³/mol. The van der Waals surface area contributed by atoms with Gasteiger partial charge in [-0.2, -0.15) is 11.8 Å². The van der Waals surface area contributed by atoms with Crippen molar-refractivity contribution in [1.82, 2.24) is 0 Å². The van der Waals surface area contributed by atoms with Crippen LogP contribution in [0.4, 0.5) is 0 Å². The molecule has 3 heteroatoms. The minimum Gasteiger partial charge on any atom is -0.478 e. The SMILES string of the molecule is O=C(O)c1ccc2c(c1)CSC2. The minimum atomic E-state index is -0.838. The third-order valence-corrected chi connectivity index (χ3v) is 3.00. The number of hydrogen-bond acceptors (Lipinski definition) is 2. The Bertz CT molecular complexity index is 333. The fourth-order valence-electron chi connectivity index (χ4n) is 1.31. The average Bonchev–Trinajstić information content (AvgIpc) is 2.49. The van der Waals surface area contributed by atoms with Crippen LogP contribution in [0.25, 0.3) is 0 Å². The van der Waals surface area contributed by atoms with Gasteiger partial charge in [0.05, 0.1) is 5.56 Å². The molecular weight excluding hydrogens is 172 g/mol. The van der Waals surface area contributed by atoms with Crippen molar-refractivity contribution in [2.75, 3.05) is 0 Å². The molecule has 2 rings (SSSR count). The fourth-order valence-corrected chi connectivity index (χ4v) is 2.40. The third kappa shape index (κ3) is 1.20. The Hall–Kier alpha value is -0.960. The summed E-state index contributed by atoms with van der Waals surface area (Å²) in [6, 6.07) is 5.36. The van der Waals surface area contributed by atoms with Crippen molar-refractivity contribution < 1.29 is 9.90 Å². The van der Waals surface area contributed by atoms with Crippen LogP contribution in [0.15, 0.2) is 18.2 Å². The highest BCUT2D eigenvalue weighted by molar-refractivity contribution is 7.98. The van der Waals surface area contributed by atoms with Gasteiger partial charge in [0.1, 0.15) is 0 Å². The monoisotopic (exact) mass is 180 g/mol. The molecule has 1 N–H and O–H groups in total. The number of carbonyl (C=O) groups is 1. The average molecular weight is 180 g/mol. The van der Waals surface area contributed by atoms with Gasteiger partial charge in [-0.15, -0.1) is 0 Å². The van der Waals surface area contributed by atoms with Gasteiger partial charge in [0.2, 0.25) is 0 Å². The van der Waals surface area contributed by atoms with E-state index in [0.29, 0.717) is 5.56 Å².